The molecule has 0 saturated heterocycles. The van der Waals surface area contributed by atoms with Gasteiger partial charge in [-0.1, -0.05) is 51.3 Å². The van der Waals surface area contributed by atoms with Crippen molar-refractivity contribution in [1.29, 1.82) is 0 Å². The van der Waals surface area contributed by atoms with Crippen molar-refractivity contribution < 1.29 is 9.84 Å². The molecule has 104 valence electrons. The van der Waals surface area contributed by atoms with Gasteiger partial charge in [0.15, 0.2) is 0 Å². The molecule has 0 aromatic heterocycles. The van der Waals surface area contributed by atoms with E-state index in [2.05, 4.69) is 15.9 Å². The normalized spacial score (nSPS) is 14.8. The summed E-state index contributed by atoms with van der Waals surface area (Å²) in [5.41, 5.74) is 2.37. The summed E-state index contributed by atoms with van der Waals surface area (Å²) in [5.74, 6) is 0.747. The van der Waals surface area contributed by atoms with Gasteiger partial charge in [0, 0.05) is 22.0 Å². The summed E-state index contributed by atoms with van der Waals surface area (Å²) >= 11 is 15.7. The summed E-state index contributed by atoms with van der Waals surface area (Å²) in [4.78, 5) is 0. The summed E-state index contributed by atoms with van der Waals surface area (Å²) in [6, 6.07) is 9.10. The Morgan fingerprint density at radius 1 is 1.20 bits per heavy atom. The Kier molecular flexibility index (Phi) is 3.95. The summed E-state index contributed by atoms with van der Waals surface area (Å²) < 4.78 is 6.55. The molecule has 5 heteroatoms. The van der Waals surface area contributed by atoms with Gasteiger partial charge in [-0.05, 0) is 23.8 Å². The molecule has 1 unspecified atom stereocenters. The van der Waals surface area contributed by atoms with Crippen molar-refractivity contribution >= 4 is 39.1 Å². The predicted molar refractivity (Wildman–Crippen MR) is 83.9 cm³/mol. The van der Waals surface area contributed by atoms with Crippen LogP contribution in [-0.2, 0) is 6.42 Å². The molecule has 0 radical (unpaired) electrons. The van der Waals surface area contributed by atoms with E-state index in [1.165, 1.54) is 0 Å². The van der Waals surface area contributed by atoms with Gasteiger partial charge >= 0.3 is 0 Å². The van der Waals surface area contributed by atoms with Crippen LogP contribution in [0, 0.1) is 0 Å². The molecule has 1 aliphatic heterocycles. The van der Waals surface area contributed by atoms with Gasteiger partial charge in [-0.3, -0.25) is 0 Å². The fraction of sp³-hybridized carbons (Fsp3) is 0.200. The van der Waals surface area contributed by atoms with Gasteiger partial charge in [-0.2, -0.15) is 0 Å². The summed E-state index contributed by atoms with van der Waals surface area (Å²) in [6.07, 6.45) is -0.0248. The maximum atomic E-state index is 10.6. The number of benzene rings is 2. The third-order valence-corrected chi connectivity index (χ3v) is 4.64. The highest BCUT2D eigenvalue weighted by molar-refractivity contribution is 9.10. The number of hydrogen-bond donors (Lipinski definition) is 1. The van der Waals surface area contributed by atoms with Crippen molar-refractivity contribution in [3.63, 3.8) is 0 Å². The first-order valence-corrected chi connectivity index (χ1v) is 7.70. The van der Waals surface area contributed by atoms with Crippen molar-refractivity contribution in [1.82, 2.24) is 0 Å². The van der Waals surface area contributed by atoms with Crippen LogP contribution in [0.5, 0.6) is 5.75 Å². The number of aliphatic hydroxyl groups is 1. The van der Waals surface area contributed by atoms with Crippen molar-refractivity contribution in [2.24, 2.45) is 0 Å². The fourth-order valence-electron chi connectivity index (χ4n) is 2.40. The van der Waals surface area contributed by atoms with Crippen LogP contribution in [0.2, 0.25) is 10.0 Å². The maximum absolute atomic E-state index is 10.6. The van der Waals surface area contributed by atoms with E-state index in [1.807, 2.05) is 12.1 Å². The van der Waals surface area contributed by atoms with Crippen LogP contribution >= 0.6 is 39.1 Å². The average molecular weight is 374 g/mol. The van der Waals surface area contributed by atoms with Gasteiger partial charge in [0.05, 0.1) is 16.7 Å². The number of fused-ring (bicyclic) bond motifs is 1. The zero-order valence-electron chi connectivity index (χ0n) is 10.4. The van der Waals surface area contributed by atoms with Gasteiger partial charge in [-0.25, -0.2) is 0 Å². The standard InChI is InChI=1S/C15H11BrCl2O2/c16-9-6-8-4-5-20-15(8)11(7-9)14(19)10-2-1-3-12(17)13(10)18/h1-3,6-7,14,19H,4-5H2. The molecule has 20 heavy (non-hydrogen) atoms. The lowest BCUT2D eigenvalue weighted by Crippen LogP contribution is -2.03. The second-order valence-corrected chi connectivity index (χ2v) is 6.33. The monoisotopic (exact) mass is 372 g/mol. The first kappa shape index (κ1) is 14.2. The minimum Gasteiger partial charge on any atom is -0.493 e. The molecule has 3 rings (SSSR count). The molecule has 0 fully saturated rings. The Balaban J connectivity index is 2.11. The number of ether oxygens (including phenoxy) is 1. The highest BCUT2D eigenvalue weighted by atomic mass is 79.9. The van der Waals surface area contributed by atoms with Crippen molar-refractivity contribution in [2.45, 2.75) is 12.5 Å². The molecule has 0 amide bonds. The molecule has 0 spiro atoms. The molecule has 0 aliphatic carbocycles. The van der Waals surface area contributed by atoms with E-state index in [9.17, 15) is 5.11 Å². The van der Waals surface area contributed by atoms with Crippen LogP contribution in [0.4, 0.5) is 0 Å². The molecular formula is C15H11BrCl2O2. The molecule has 1 atom stereocenters. The van der Waals surface area contributed by atoms with Crippen LogP contribution in [0.1, 0.15) is 22.8 Å². The topological polar surface area (TPSA) is 29.5 Å². The summed E-state index contributed by atoms with van der Waals surface area (Å²) in [5, 5.41) is 11.4. The third-order valence-electron chi connectivity index (χ3n) is 3.35. The molecule has 1 heterocycles. The van der Waals surface area contributed by atoms with Crippen molar-refractivity contribution in [2.75, 3.05) is 6.61 Å². The first-order valence-electron chi connectivity index (χ1n) is 6.15. The largest absolute Gasteiger partial charge is 0.493 e. The number of halogens is 3. The SMILES string of the molecule is OC(c1cccc(Cl)c1Cl)c1cc(Br)cc2c1OCC2. The lowest BCUT2D eigenvalue weighted by Gasteiger charge is -2.17. The van der Waals surface area contributed by atoms with Crippen LogP contribution in [-0.4, -0.2) is 11.7 Å². The van der Waals surface area contributed by atoms with Gasteiger partial charge < -0.3 is 9.84 Å². The Bertz CT molecular complexity index is 673. The molecule has 1 N–H and O–H groups in total. The van der Waals surface area contributed by atoms with E-state index in [1.54, 1.807) is 18.2 Å². The predicted octanol–water partition coefficient (Wildman–Crippen LogP) is 4.77. The molecule has 0 saturated carbocycles. The molecule has 2 nitrogen and oxygen atoms in total. The quantitative estimate of drug-likeness (QED) is 0.821. The van der Waals surface area contributed by atoms with Crippen molar-refractivity contribution in [3.8, 4) is 5.75 Å². The molecule has 0 bridgehead atoms. The molecule has 2 aromatic rings. The van der Waals surface area contributed by atoms with E-state index in [0.717, 1.165) is 22.2 Å². The third kappa shape index (κ3) is 2.44. The van der Waals surface area contributed by atoms with Gasteiger partial charge in [-0.15, -0.1) is 0 Å². The molecular weight excluding hydrogens is 363 g/mol. The van der Waals surface area contributed by atoms with E-state index in [4.69, 9.17) is 27.9 Å². The number of rotatable bonds is 2. The summed E-state index contributed by atoms with van der Waals surface area (Å²) in [6.45, 7) is 0.634. The van der Waals surface area contributed by atoms with Crippen LogP contribution < -0.4 is 4.74 Å². The first-order chi connectivity index (χ1) is 9.58. The molecule has 2 aromatic carbocycles. The fourth-order valence-corrected chi connectivity index (χ4v) is 3.33. The smallest absolute Gasteiger partial charge is 0.128 e. The number of aliphatic hydroxyl groups excluding tert-OH is 1. The lowest BCUT2D eigenvalue weighted by atomic mass is 9.98. The second-order valence-electron chi connectivity index (χ2n) is 4.63. The lowest BCUT2D eigenvalue weighted by molar-refractivity contribution is 0.214. The Morgan fingerprint density at radius 3 is 2.80 bits per heavy atom. The number of hydrogen-bond acceptors (Lipinski definition) is 2. The Morgan fingerprint density at radius 2 is 2.00 bits per heavy atom. The maximum Gasteiger partial charge on any atom is 0.128 e. The van der Waals surface area contributed by atoms with Crippen LogP contribution in [0.15, 0.2) is 34.8 Å². The zero-order chi connectivity index (χ0) is 14.3. The Labute approximate surface area is 135 Å². The highest BCUT2D eigenvalue weighted by Crippen LogP contribution is 2.41. The van der Waals surface area contributed by atoms with E-state index >= 15 is 0 Å². The summed E-state index contributed by atoms with van der Waals surface area (Å²) in [7, 11) is 0. The van der Waals surface area contributed by atoms with Gasteiger partial charge in [0.2, 0.25) is 0 Å². The van der Waals surface area contributed by atoms with Gasteiger partial charge in [0.1, 0.15) is 11.9 Å². The minimum atomic E-state index is -0.870. The highest BCUT2D eigenvalue weighted by Gasteiger charge is 2.24. The molecule has 1 aliphatic rings. The van der Waals surface area contributed by atoms with E-state index in [-0.39, 0.29) is 0 Å². The zero-order valence-corrected chi connectivity index (χ0v) is 13.5. The van der Waals surface area contributed by atoms with Crippen molar-refractivity contribution in [3.05, 3.63) is 61.5 Å². The van der Waals surface area contributed by atoms with E-state index < -0.39 is 6.10 Å². The van der Waals surface area contributed by atoms with Crippen LogP contribution in [0.3, 0.4) is 0 Å². The van der Waals surface area contributed by atoms with E-state index in [0.29, 0.717) is 27.8 Å². The Hall–Kier alpha value is -0.740. The average Bonchev–Trinajstić information content (AvgIpc) is 2.88. The minimum absolute atomic E-state index is 0.369. The second kappa shape index (κ2) is 5.57. The van der Waals surface area contributed by atoms with Crippen LogP contribution in [0.25, 0.3) is 0 Å². The van der Waals surface area contributed by atoms with Gasteiger partial charge in [0.25, 0.3) is 0 Å².